The van der Waals surface area contributed by atoms with Gasteiger partial charge in [0.1, 0.15) is 5.82 Å². The van der Waals surface area contributed by atoms with Gasteiger partial charge >= 0.3 is 0 Å². The standard InChI is InChI=1S/C14H19N5O2/c1-4-15-13(20)9-19(5-2)12-8-11(6-7-16-12)14-17-10(3)18-21-14/h6-8H,4-5,9H2,1-3H3,(H,15,20). The SMILES string of the molecule is CCNC(=O)CN(CC)c1cc(-c2nc(C)no2)ccn1. The molecule has 0 unspecified atom stereocenters. The van der Waals surface area contributed by atoms with E-state index in [9.17, 15) is 4.79 Å². The quantitative estimate of drug-likeness (QED) is 0.865. The lowest BCUT2D eigenvalue weighted by Gasteiger charge is -2.21. The van der Waals surface area contributed by atoms with Crippen LogP contribution in [0.2, 0.25) is 0 Å². The molecule has 0 aliphatic heterocycles. The predicted octanol–water partition coefficient (Wildman–Crippen LogP) is 1.40. The predicted molar refractivity (Wildman–Crippen MR) is 78.8 cm³/mol. The fraction of sp³-hybridized carbons (Fsp3) is 0.429. The molecule has 0 fully saturated rings. The summed E-state index contributed by atoms with van der Waals surface area (Å²) < 4.78 is 5.15. The first-order chi connectivity index (χ1) is 10.1. The van der Waals surface area contributed by atoms with Crippen LogP contribution in [0.15, 0.2) is 22.9 Å². The molecule has 2 rings (SSSR count). The first-order valence-corrected chi connectivity index (χ1v) is 6.92. The van der Waals surface area contributed by atoms with E-state index >= 15 is 0 Å². The smallest absolute Gasteiger partial charge is 0.258 e. The van der Waals surface area contributed by atoms with E-state index in [1.807, 2.05) is 24.8 Å². The highest BCUT2D eigenvalue weighted by Crippen LogP contribution is 2.21. The Kier molecular flexibility index (Phi) is 4.86. The van der Waals surface area contributed by atoms with E-state index in [2.05, 4.69) is 20.4 Å². The monoisotopic (exact) mass is 289 g/mol. The molecule has 2 aromatic rings. The van der Waals surface area contributed by atoms with Crippen molar-refractivity contribution < 1.29 is 9.32 Å². The highest BCUT2D eigenvalue weighted by molar-refractivity contribution is 5.81. The second-order valence-electron chi connectivity index (χ2n) is 4.52. The van der Waals surface area contributed by atoms with Crippen LogP contribution in [-0.2, 0) is 4.79 Å². The molecule has 2 aromatic heterocycles. The molecule has 2 heterocycles. The van der Waals surface area contributed by atoms with Crippen LogP contribution in [0.3, 0.4) is 0 Å². The number of nitrogens with one attached hydrogen (secondary N) is 1. The average Bonchev–Trinajstić information content (AvgIpc) is 2.92. The van der Waals surface area contributed by atoms with Crippen molar-refractivity contribution >= 4 is 11.7 Å². The van der Waals surface area contributed by atoms with Crippen LogP contribution in [0.25, 0.3) is 11.5 Å². The second-order valence-corrected chi connectivity index (χ2v) is 4.52. The summed E-state index contributed by atoms with van der Waals surface area (Å²) in [5.74, 6) is 1.71. The highest BCUT2D eigenvalue weighted by atomic mass is 16.5. The van der Waals surface area contributed by atoms with E-state index in [1.165, 1.54) is 0 Å². The number of aryl methyl sites for hydroxylation is 1. The molecule has 0 saturated heterocycles. The number of aromatic nitrogens is 3. The molecule has 7 nitrogen and oxygen atoms in total. The zero-order valence-electron chi connectivity index (χ0n) is 12.5. The molecular weight excluding hydrogens is 270 g/mol. The Morgan fingerprint density at radius 2 is 2.24 bits per heavy atom. The number of carbonyl (C=O) groups excluding carboxylic acids is 1. The molecule has 1 amide bonds. The van der Waals surface area contributed by atoms with Crippen molar-refractivity contribution in [1.29, 1.82) is 0 Å². The molecule has 0 radical (unpaired) electrons. The summed E-state index contributed by atoms with van der Waals surface area (Å²) >= 11 is 0. The molecule has 112 valence electrons. The van der Waals surface area contributed by atoms with Crippen LogP contribution in [0.5, 0.6) is 0 Å². The van der Waals surface area contributed by atoms with Gasteiger partial charge in [-0.05, 0) is 32.9 Å². The highest BCUT2D eigenvalue weighted by Gasteiger charge is 2.13. The van der Waals surface area contributed by atoms with Gasteiger partial charge in [0.05, 0.1) is 6.54 Å². The topological polar surface area (TPSA) is 84.2 Å². The van der Waals surface area contributed by atoms with Crippen molar-refractivity contribution in [1.82, 2.24) is 20.4 Å². The number of hydrogen-bond acceptors (Lipinski definition) is 6. The summed E-state index contributed by atoms with van der Waals surface area (Å²) in [4.78, 5) is 22.1. The Morgan fingerprint density at radius 1 is 1.43 bits per heavy atom. The van der Waals surface area contributed by atoms with Gasteiger partial charge in [0.25, 0.3) is 5.89 Å². The number of pyridine rings is 1. The van der Waals surface area contributed by atoms with Crippen molar-refractivity contribution in [3.63, 3.8) is 0 Å². The second kappa shape index (κ2) is 6.83. The van der Waals surface area contributed by atoms with Crippen LogP contribution in [0.4, 0.5) is 5.82 Å². The minimum absolute atomic E-state index is 0.0276. The molecule has 1 N–H and O–H groups in total. The Labute approximate surface area is 123 Å². The van der Waals surface area contributed by atoms with Gasteiger partial charge in [-0.25, -0.2) is 4.98 Å². The Hall–Kier alpha value is -2.44. The van der Waals surface area contributed by atoms with Crippen LogP contribution < -0.4 is 10.2 Å². The maximum atomic E-state index is 11.7. The third kappa shape index (κ3) is 3.77. The van der Waals surface area contributed by atoms with Gasteiger partial charge in [0.15, 0.2) is 5.82 Å². The lowest BCUT2D eigenvalue weighted by molar-refractivity contribution is -0.119. The van der Waals surface area contributed by atoms with Gasteiger partial charge in [-0.15, -0.1) is 0 Å². The Morgan fingerprint density at radius 3 is 2.86 bits per heavy atom. The van der Waals surface area contributed by atoms with E-state index in [0.717, 1.165) is 5.56 Å². The first-order valence-electron chi connectivity index (χ1n) is 6.92. The van der Waals surface area contributed by atoms with Gasteiger partial charge in [-0.3, -0.25) is 4.79 Å². The molecule has 7 heteroatoms. The maximum absolute atomic E-state index is 11.7. The number of anilines is 1. The maximum Gasteiger partial charge on any atom is 0.258 e. The first kappa shape index (κ1) is 15.0. The summed E-state index contributed by atoms with van der Waals surface area (Å²) in [5, 5.41) is 6.56. The third-order valence-corrected chi connectivity index (χ3v) is 2.93. The summed E-state index contributed by atoms with van der Waals surface area (Å²) in [6.07, 6.45) is 1.67. The van der Waals surface area contributed by atoms with Crippen molar-refractivity contribution in [2.45, 2.75) is 20.8 Å². The Bertz CT molecular complexity index is 611. The molecule has 0 aliphatic carbocycles. The van der Waals surface area contributed by atoms with Crippen molar-refractivity contribution in [3.8, 4) is 11.5 Å². The average molecular weight is 289 g/mol. The number of amides is 1. The Balaban J connectivity index is 2.20. The van der Waals surface area contributed by atoms with Crippen LogP contribution in [0, 0.1) is 6.92 Å². The fourth-order valence-corrected chi connectivity index (χ4v) is 1.92. The van der Waals surface area contributed by atoms with Gasteiger partial charge in [0, 0.05) is 24.8 Å². The number of nitrogens with zero attached hydrogens (tertiary/aromatic N) is 4. The summed E-state index contributed by atoms with van der Waals surface area (Å²) in [5.41, 5.74) is 0.787. The van der Waals surface area contributed by atoms with Gasteiger partial charge in [0.2, 0.25) is 5.91 Å². The zero-order chi connectivity index (χ0) is 15.2. The van der Waals surface area contributed by atoms with Crippen LogP contribution in [-0.4, -0.2) is 40.7 Å². The van der Waals surface area contributed by atoms with Gasteiger partial charge in [-0.2, -0.15) is 4.98 Å². The lowest BCUT2D eigenvalue weighted by atomic mass is 10.2. The minimum atomic E-state index is -0.0276. The number of rotatable bonds is 6. The van der Waals surface area contributed by atoms with E-state index < -0.39 is 0 Å². The zero-order valence-corrected chi connectivity index (χ0v) is 12.5. The van der Waals surface area contributed by atoms with Crippen LogP contribution in [0.1, 0.15) is 19.7 Å². The molecule has 0 saturated carbocycles. The number of hydrogen-bond donors (Lipinski definition) is 1. The minimum Gasteiger partial charge on any atom is -0.355 e. The third-order valence-electron chi connectivity index (χ3n) is 2.93. The lowest BCUT2D eigenvalue weighted by Crippen LogP contribution is -2.37. The number of carbonyl (C=O) groups is 1. The molecule has 0 atom stereocenters. The van der Waals surface area contributed by atoms with Crippen LogP contribution >= 0.6 is 0 Å². The summed E-state index contributed by atoms with van der Waals surface area (Å²) in [7, 11) is 0. The van der Waals surface area contributed by atoms with E-state index in [1.54, 1.807) is 19.2 Å². The normalized spacial score (nSPS) is 10.4. The summed E-state index contributed by atoms with van der Waals surface area (Å²) in [6.45, 7) is 7.20. The number of likely N-dealkylation sites (N-methyl/N-ethyl adjacent to an activating group) is 2. The molecule has 0 aliphatic rings. The van der Waals surface area contributed by atoms with E-state index in [-0.39, 0.29) is 12.5 Å². The molecule has 0 spiro atoms. The molecule has 0 bridgehead atoms. The van der Waals surface area contributed by atoms with Crippen molar-refractivity contribution in [3.05, 3.63) is 24.2 Å². The largest absolute Gasteiger partial charge is 0.355 e. The van der Waals surface area contributed by atoms with Crippen molar-refractivity contribution in [2.75, 3.05) is 24.5 Å². The van der Waals surface area contributed by atoms with Crippen molar-refractivity contribution in [2.24, 2.45) is 0 Å². The molecule has 21 heavy (non-hydrogen) atoms. The fourth-order valence-electron chi connectivity index (χ4n) is 1.92. The molecule has 0 aromatic carbocycles. The summed E-state index contributed by atoms with van der Waals surface area (Å²) in [6, 6.07) is 3.64. The van der Waals surface area contributed by atoms with Gasteiger partial charge < -0.3 is 14.7 Å². The molecular formula is C14H19N5O2. The van der Waals surface area contributed by atoms with Gasteiger partial charge in [-0.1, -0.05) is 5.16 Å². The van der Waals surface area contributed by atoms with E-state index in [4.69, 9.17) is 4.52 Å². The van der Waals surface area contributed by atoms with E-state index in [0.29, 0.717) is 30.6 Å².